The van der Waals surface area contributed by atoms with Crippen molar-refractivity contribution in [3.8, 4) is 0 Å². The molecule has 3 nitrogen and oxygen atoms in total. The molecule has 3 N–H and O–H groups in total. The van der Waals surface area contributed by atoms with Crippen LogP contribution in [0.1, 0.15) is 43.7 Å². The molecule has 0 atom stereocenters. The molecule has 23 heavy (non-hydrogen) atoms. The summed E-state index contributed by atoms with van der Waals surface area (Å²) in [6.45, 7) is 1.19. The lowest BCUT2D eigenvalue weighted by Crippen LogP contribution is -2.41. The maximum absolute atomic E-state index is 13.6. The third kappa shape index (κ3) is 3.64. The molecule has 2 rings (SSSR count). The van der Waals surface area contributed by atoms with Crippen molar-refractivity contribution in [2.75, 3.05) is 0 Å². The molecule has 1 aromatic rings. The van der Waals surface area contributed by atoms with E-state index in [1.165, 1.54) is 6.92 Å². The van der Waals surface area contributed by atoms with Gasteiger partial charge in [0.15, 0.2) is 5.79 Å². The van der Waals surface area contributed by atoms with Crippen LogP contribution in [0.15, 0.2) is 12.1 Å². The van der Waals surface area contributed by atoms with Gasteiger partial charge in [0.05, 0.1) is 5.60 Å². The van der Waals surface area contributed by atoms with Gasteiger partial charge in [0, 0.05) is 5.92 Å². The summed E-state index contributed by atoms with van der Waals surface area (Å²) in [5.41, 5.74) is -3.97. The van der Waals surface area contributed by atoms with Crippen LogP contribution in [0.25, 0.3) is 0 Å². The van der Waals surface area contributed by atoms with Gasteiger partial charge in [-0.25, -0.2) is 8.78 Å². The molecule has 0 radical (unpaired) electrons. The van der Waals surface area contributed by atoms with Gasteiger partial charge in [-0.2, -0.15) is 13.2 Å². The van der Waals surface area contributed by atoms with Crippen LogP contribution >= 0.6 is 0 Å². The first kappa shape index (κ1) is 18.1. The largest absolute Gasteiger partial charge is 0.422 e. The average molecular weight is 340 g/mol. The second-order valence-corrected chi connectivity index (χ2v) is 6.21. The molecular weight excluding hydrogens is 323 g/mol. The molecule has 1 aromatic carbocycles. The Bertz CT molecular complexity index is 561. The molecule has 1 fully saturated rings. The van der Waals surface area contributed by atoms with Crippen LogP contribution in [0.5, 0.6) is 0 Å². The van der Waals surface area contributed by atoms with E-state index < -0.39 is 40.7 Å². The number of halogens is 5. The fraction of sp³-hybridized carbons (Fsp3) is 0.600. The normalized spacial score (nSPS) is 26.4. The Balaban J connectivity index is 2.30. The predicted molar refractivity (Wildman–Crippen MR) is 70.1 cm³/mol. The number of aliphatic hydroxyl groups is 3. The summed E-state index contributed by atoms with van der Waals surface area (Å²) in [5.74, 6) is -6.04. The fourth-order valence-electron chi connectivity index (χ4n) is 3.04. The molecule has 8 heteroatoms. The Kier molecular flexibility index (Phi) is 4.47. The summed E-state index contributed by atoms with van der Waals surface area (Å²) in [6, 6.07) is 0.979. The SMILES string of the molecule is CC(O)(O)C1CCC(O)(c2cc(F)c(C(F)(F)F)c(F)c2)CC1. The van der Waals surface area contributed by atoms with Crippen LogP contribution in [0, 0.1) is 17.6 Å². The third-order valence-corrected chi connectivity index (χ3v) is 4.45. The van der Waals surface area contributed by atoms with Gasteiger partial charge in [-0.15, -0.1) is 0 Å². The van der Waals surface area contributed by atoms with Gasteiger partial charge < -0.3 is 15.3 Å². The van der Waals surface area contributed by atoms with Crippen molar-refractivity contribution in [1.82, 2.24) is 0 Å². The van der Waals surface area contributed by atoms with Crippen molar-refractivity contribution in [2.24, 2.45) is 5.92 Å². The molecule has 0 aliphatic heterocycles. The van der Waals surface area contributed by atoms with Gasteiger partial charge >= 0.3 is 6.18 Å². The zero-order chi connectivity index (χ0) is 17.6. The standard InChI is InChI=1S/C15H17F5O3/c1-13(21,22)8-2-4-14(23,5-3-8)9-6-10(16)12(11(17)7-9)15(18,19)20/h6-8,21-23H,2-5H2,1H3. The molecule has 0 saturated heterocycles. The summed E-state index contributed by atoms with van der Waals surface area (Å²) < 4.78 is 65.0. The third-order valence-electron chi connectivity index (χ3n) is 4.45. The zero-order valence-corrected chi connectivity index (χ0v) is 12.3. The molecule has 130 valence electrons. The minimum absolute atomic E-state index is 0.0430. The van der Waals surface area contributed by atoms with Gasteiger partial charge in [-0.3, -0.25) is 0 Å². The van der Waals surface area contributed by atoms with Gasteiger partial charge in [0.2, 0.25) is 0 Å². The van der Waals surface area contributed by atoms with Gasteiger partial charge in [0.1, 0.15) is 17.2 Å². The second-order valence-electron chi connectivity index (χ2n) is 6.21. The summed E-state index contributed by atoms with van der Waals surface area (Å²) in [6.07, 6.45) is -4.94. The lowest BCUT2D eigenvalue weighted by Gasteiger charge is -2.40. The molecule has 0 amide bonds. The molecule has 0 unspecified atom stereocenters. The molecule has 0 spiro atoms. The molecule has 0 heterocycles. The van der Waals surface area contributed by atoms with Crippen LogP contribution in [0.2, 0.25) is 0 Å². The van der Waals surface area contributed by atoms with Crippen LogP contribution in [-0.4, -0.2) is 21.1 Å². The van der Waals surface area contributed by atoms with Gasteiger partial charge in [-0.05, 0) is 50.3 Å². The summed E-state index contributed by atoms with van der Waals surface area (Å²) in [5, 5.41) is 29.5. The van der Waals surface area contributed by atoms with Crippen LogP contribution < -0.4 is 0 Å². The Morgan fingerprint density at radius 2 is 1.48 bits per heavy atom. The van der Waals surface area contributed by atoms with Crippen molar-refractivity contribution in [3.05, 3.63) is 34.9 Å². The first-order valence-electron chi connectivity index (χ1n) is 7.08. The predicted octanol–water partition coefficient (Wildman–Crippen LogP) is 3.06. The maximum Gasteiger partial charge on any atom is 0.422 e. The van der Waals surface area contributed by atoms with Crippen molar-refractivity contribution < 1.29 is 37.3 Å². The van der Waals surface area contributed by atoms with E-state index in [9.17, 15) is 37.3 Å². The lowest BCUT2D eigenvalue weighted by atomic mass is 9.73. The van der Waals surface area contributed by atoms with E-state index >= 15 is 0 Å². The summed E-state index contributed by atoms with van der Waals surface area (Å²) in [7, 11) is 0. The van der Waals surface area contributed by atoms with E-state index in [1.54, 1.807) is 0 Å². The molecule has 1 aliphatic rings. The van der Waals surface area contributed by atoms with E-state index in [0.717, 1.165) is 0 Å². The molecular formula is C15H17F5O3. The van der Waals surface area contributed by atoms with Gasteiger partial charge in [-0.1, -0.05) is 0 Å². The van der Waals surface area contributed by atoms with Gasteiger partial charge in [0.25, 0.3) is 0 Å². The van der Waals surface area contributed by atoms with Crippen LogP contribution in [0.3, 0.4) is 0 Å². The Morgan fingerprint density at radius 1 is 1.04 bits per heavy atom. The Morgan fingerprint density at radius 3 is 1.83 bits per heavy atom. The van der Waals surface area contributed by atoms with Crippen molar-refractivity contribution in [1.29, 1.82) is 0 Å². The number of alkyl halides is 3. The minimum atomic E-state index is -5.16. The molecule has 1 aliphatic carbocycles. The molecule has 0 aromatic heterocycles. The topological polar surface area (TPSA) is 60.7 Å². The fourth-order valence-corrected chi connectivity index (χ4v) is 3.04. The number of hydrogen-bond donors (Lipinski definition) is 3. The van der Waals surface area contributed by atoms with Crippen molar-refractivity contribution in [3.63, 3.8) is 0 Å². The molecule has 0 bridgehead atoms. The average Bonchev–Trinajstić information content (AvgIpc) is 2.35. The Hall–Kier alpha value is -1.25. The number of rotatable bonds is 2. The highest BCUT2D eigenvalue weighted by Gasteiger charge is 2.43. The van der Waals surface area contributed by atoms with Crippen molar-refractivity contribution >= 4 is 0 Å². The maximum atomic E-state index is 13.6. The molecule has 1 saturated carbocycles. The first-order valence-corrected chi connectivity index (χ1v) is 7.08. The van der Waals surface area contributed by atoms with E-state index in [1.807, 2.05) is 0 Å². The quantitative estimate of drug-likeness (QED) is 0.573. The van der Waals surface area contributed by atoms with E-state index in [2.05, 4.69) is 0 Å². The Labute approximate surface area is 129 Å². The summed E-state index contributed by atoms with van der Waals surface area (Å²) >= 11 is 0. The number of benzene rings is 1. The van der Waals surface area contributed by atoms with E-state index in [-0.39, 0.29) is 31.2 Å². The van der Waals surface area contributed by atoms with E-state index in [0.29, 0.717) is 12.1 Å². The monoisotopic (exact) mass is 340 g/mol. The lowest BCUT2D eigenvalue weighted by molar-refractivity contribution is -0.201. The smallest absolute Gasteiger partial charge is 0.385 e. The van der Waals surface area contributed by atoms with Crippen molar-refractivity contribution in [2.45, 2.75) is 50.2 Å². The highest BCUT2D eigenvalue weighted by molar-refractivity contribution is 5.32. The minimum Gasteiger partial charge on any atom is -0.385 e. The zero-order valence-electron chi connectivity index (χ0n) is 12.3. The number of hydrogen-bond acceptors (Lipinski definition) is 3. The van der Waals surface area contributed by atoms with Crippen LogP contribution in [0.4, 0.5) is 22.0 Å². The highest BCUT2D eigenvalue weighted by atomic mass is 19.4. The van der Waals surface area contributed by atoms with E-state index in [4.69, 9.17) is 0 Å². The summed E-state index contributed by atoms with van der Waals surface area (Å²) in [4.78, 5) is 0. The second kappa shape index (κ2) is 5.68. The highest BCUT2D eigenvalue weighted by Crippen LogP contribution is 2.44. The first-order chi connectivity index (χ1) is 10.3. The van der Waals surface area contributed by atoms with Crippen LogP contribution in [-0.2, 0) is 11.8 Å².